The van der Waals surface area contributed by atoms with Crippen molar-refractivity contribution in [2.24, 2.45) is 0 Å². The predicted octanol–water partition coefficient (Wildman–Crippen LogP) is 0.766. The third kappa shape index (κ3) is 4.79. The van der Waals surface area contributed by atoms with Crippen LogP contribution in [0.3, 0.4) is 0 Å². The molecule has 2 rings (SSSR count). The third-order valence-corrected chi connectivity index (χ3v) is 4.24. The number of hydrogen-bond acceptors (Lipinski definition) is 4. The average molecular weight is 290 g/mol. The summed E-state index contributed by atoms with van der Waals surface area (Å²) in [5.41, 5.74) is 1.15. The topological polar surface area (TPSA) is 48.5 Å². The van der Waals surface area contributed by atoms with Crippen LogP contribution in [-0.4, -0.2) is 67.0 Å². The number of likely N-dealkylation sites (N-methyl/N-ethyl adjacent to an activating group) is 2. The third-order valence-electron chi connectivity index (χ3n) is 4.24. The Balaban J connectivity index is 1.72. The number of nitrogens with one attached hydrogen (secondary N) is 1. The summed E-state index contributed by atoms with van der Waals surface area (Å²) in [6, 6.07) is 6.46. The lowest BCUT2D eigenvalue weighted by Gasteiger charge is -2.36. The summed E-state index contributed by atoms with van der Waals surface area (Å²) in [6.45, 7) is 3.61. The molecule has 0 saturated carbocycles. The first-order chi connectivity index (χ1) is 10.2. The smallest absolute Gasteiger partial charge is 0.236 e. The molecule has 21 heavy (non-hydrogen) atoms. The Kier molecular flexibility index (Phi) is 6.14. The van der Waals surface area contributed by atoms with E-state index in [0.717, 1.165) is 44.6 Å². The lowest BCUT2D eigenvalue weighted by Crippen LogP contribution is -2.47. The molecule has 1 fully saturated rings. The molecule has 0 aromatic carbocycles. The maximum absolute atomic E-state index is 11.9. The molecule has 0 unspecified atom stereocenters. The Morgan fingerprint density at radius 1 is 1.43 bits per heavy atom. The molecule has 2 heterocycles. The molecule has 0 spiro atoms. The number of aromatic nitrogens is 1. The zero-order valence-corrected chi connectivity index (χ0v) is 13.1. The van der Waals surface area contributed by atoms with Crippen LogP contribution in [0.4, 0.5) is 0 Å². The van der Waals surface area contributed by atoms with Crippen molar-refractivity contribution in [3.63, 3.8) is 0 Å². The minimum Gasteiger partial charge on any atom is -0.342 e. The van der Waals surface area contributed by atoms with Crippen molar-refractivity contribution >= 4 is 5.91 Å². The fourth-order valence-corrected chi connectivity index (χ4v) is 2.83. The second-order valence-electron chi connectivity index (χ2n) is 5.68. The van der Waals surface area contributed by atoms with E-state index in [9.17, 15) is 4.79 Å². The zero-order valence-electron chi connectivity index (χ0n) is 13.1. The molecule has 1 aromatic heterocycles. The summed E-state index contributed by atoms with van der Waals surface area (Å²) in [6.07, 6.45) is 4.98. The zero-order chi connectivity index (χ0) is 15.1. The fraction of sp³-hybridized carbons (Fsp3) is 0.625. The lowest BCUT2D eigenvalue weighted by atomic mass is 10.0. The number of piperidine rings is 1. The summed E-state index contributed by atoms with van der Waals surface area (Å²) in [7, 11) is 3.74. The van der Waals surface area contributed by atoms with E-state index < -0.39 is 0 Å². The SMILES string of the molecule is CNCC(=O)N(C)C1CCN(CCc2ccccn2)CC1. The maximum atomic E-state index is 11.9. The highest BCUT2D eigenvalue weighted by molar-refractivity contribution is 5.78. The van der Waals surface area contributed by atoms with Gasteiger partial charge in [0, 0.05) is 51.0 Å². The van der Waals surface area contributed by atoms with Crippen molar-refractivity contribution in [3.8, 4) is 0 Å². The molecule has 1 aliphatic rings. The number of nitrogens with zero attached hydrogens (tertiary/aromatic N) is 3. The van der Waals surface area contributed by atoms with Crippen molar-refractivity contribution in [1.82, 2.24) is 20.1 Å². The summed E-state index contributed by atoms with van der Waals surface area (Å²) in [5, 5.41) is 2.93. The minimum atomic E-state index is 0.185. The van der Waals surface area contributed by atoms with E-state index in [1.165, 1.54) is 0 Å². The van der Waals surface area contributed by atoms with E-state index in [1.807, 2.05) is 37.3 Å². The van der Waals surface area contributed by atoms with E-state index in [-0.39, 0.29) is 5.91 Å². The van der Waals surface area contributed by atoms with Crippen LogP contribution >= 0.6 is 0 Å². The van der Waals surface area contributed by atoms with Gasteiger partial charge in [-0.15, -0.1) is 0 Å². The fourth-order valence-electron chi connectivity index (χ4n) is 2.83. The van der Waals surface area contributed by atoms with Crippen molar-refractivity contribution in [2.75, 3.05) is 40.3 Å². The van der Waals surface area contributed by atoms with E-state index in [2.05, 4.69) is 21.3 Å². The van der Waals surface area contributed by atoms with Gasteiger partial charge < -0.3 is 15.1 Å². The van der Waals surface area contributed by atoms with E-state index >= 15 is 0 Å². The van der Waals surface area contributed by atoms with Crippen LogP contribution in [0.2, 0.25) is 0 Å². The van der Waals surface area contributed by atoms with Crippen LogP contribution in [-0.2, 0) is 11.2 Å². The Bertz CT molecular complexity index is 429. The van der Waals surface area contributed by atoms with Gasteiger partial charge in [-0.25, -0.2) is 0 Å². The Morgan fingerprint density at radius 2 is 2.19 bits per heavy atom. The molecular formula is C16H26N4O. The van der Waals surface area contributed by atoms with Gasteiger partial charge in [-0.3, -0.25) is 9.78 Å². The lowest BCUT2D eigenvalue weighted by molar-refractivity contribution is -0.131. The van der Waals surface area contributed by atoms with Crippen molar-refractivity contribution in [3.05, 3.63) is 30.1 Å². The molecular weight excluding hydrogens is 264 g/mol. The van der Waals surface area contributed by atoms with Gasteiger partial charge >= 0.3 is 0 Å². The molecule has 0 bridgehead atoms. The average Bonchev–Trinajstić information content (AvgIpc) is 2.54. The first-order valence-electron chi connectivity index (χ1n) is 7.73. The molecule has 1 aromatic rings. The highest BCUT2D eigenvalue weighted by Crippen LogP contribution is 2.15. The van der Waals surface area contributed by atoms with Crippen molar-refractivity contribution < 1.29 is 4.79 Å². The predicted molar refractivity (Wildman–Crippen MR) is 84.1 cm³/mol. The molecule has 1 aliphatic heterocycles. The van der Waals surface area contributed by atoms with Gasteiger partial charge in [0.25, 0.3) is 0 Å². The van der Waals surface area contributed by atoms with Gasteiger partial charge in [0.1, 0.15) is 0 Å². The van der Waals surface area contributed by atoms with Crippen molar-refractivity contribution in [1.29, 1.82) is 0 Å². The van der Waals surface area contributed by atoms with Gasteiger partial charge in [-0.2, -0.15) is 0 Å². The monoisotopic (exact) mass is 290 g/mol. The maximum Gasteiger partial charge on any atom is 0.236 e. The number of amides is 1. The summed E-state index contributed by atoms with van der Waals surface area (Å²) >= 11 is 0. The first kappa shape index (κ1) is 15.9. The minimum absolute atomic E-state index is 0.185. The summed E-state index contributed by atoms with van der Waals surface area (Å²) in [5.74, 6) is 0.185. The molecule has 5 nitrogen and oxygen atoms in total. The molecule has 0 radical (unpaired) electrons. The van der Waals surface area contributed by atoms with E-state index in [4.69, 9.17) is 0 Å². The highest BCUT2D eigenvalue weighted by atomic mass is 16.2. The van der Waals surface area contributed by atoms with Crippen molar-refractivity contribution in [2.45, 2.75) is 25.3 Å². The van der Waals surface area contributed by atoms with Crippen LogP contribution in [0.5, 0.6) is 0 Å². The Labute approximate surface area is 127 Å². The standard InChI is InChI=1S/C16H26N4O/c1-17-13-16(21)19(2)15-7-11-20(12-8-15)10-6-14-5-3-4-9-18-14/h3-5,9,15,17H,6-8,10-13H2,1-2H3. The molecule has 1 amide bonds. The van der Waals surface area contributed by atoms with Crippen LogP contribution in [0, 0.1) is 0 Å². The quantitative estimate of drug-likeness (QED) is 0.840. The molecule has 1 N–H and O–H groups in total. The molecule has 0 atom stereocenters. The molecule has 116 valence electrons. The van der Waals surface area contributed by atoms with Gasteiger partial charge in [0.15, 0.2) is 0 Å². The van der Waals surface area contributed by atoms with E-state index in [0.29, 0.717) is 12.6 Å². The Hall–Kier alpha value is -1.46. The second kappa shape index (κ2) is 8.10. The van der Waals surface area contributed by atoms with E-state index in [1.54, 1.807) is 0 Å². The van der Waals surface area contributed by atoms with Gasteiger partial charge in [-0.1, -0.05) is 6.07 Å². The van der Waals surface area contributed by atoms with Gasteiger partial charge in [0.2, 0.25) is 5.91 Å². The van der Waals surface area contributed by atoms with Crippen LogP contribution in [0.15, 0.2) is 24.4 Å². The number of likely N-dealkylation sites (tertiary alicyclic amines) is 1. The van der Waals surface area contributed by atoms with Crippen LogP contribution in [0.1, 0.15) is 18.5 Å². The summed E-state index contributed by atoms with van der Waals surface area (Å²) < 4.78 is 0. The number of pyridine rings is 1. The number of rotatable bonds is 6. The number of carbonyl (C=O) groups is 1. The molecule has 1 saturated heterocycles. The number of hydrogen-bond donors (Lipinski definition) is 1. The summed E-state index contributed by atoms with van der Waals surface area (Å²) in [4.78, 5) is 20.6. The molecule has 0 aliphatic carbocycles. The van der Waals surface area contributed by atoms with Crippen LogP contribution in [0.25, 0.3) is 0 Å². The second-order valence-corrected chi connectivity index (χ2v) is 5.68. The number of carbonyl (C=O) groups excluding carboxylic acids is 1. The normalized spacial score (nSPS) is 16.9. The van der Waals surface area contributed by atoms with Gasteiger partial charge in [0.05, 0.1) is 6.54 Å². The first-order valence-corrected chi connectivity index (χ1v) is 7.73. The van der Waals surface area contributed by atoms with Crippen LogP contribution < -0.4 is 5.32 Å². The Morgan fingerprint density at radius 3 is 2.81 bits per heavy atom. The largest absolute Gasteiger partial charge is 0.342 e. The molecule has 5 heteroatoms. The highest BCUT2D eigenvalue weighted by Gasteiger charge is 2.24. The van der Waals surface area contributed by atoms with Gasteiger partial charge in [-0.05, 0) is 32.0 Å².